The number of aliphatic hydroxyl groups is 1. The highest BCUT2D eigenvalue weighted by molar-refractivity contribution is 6.01. The molecule has 0 radical (unpaired) electrons. The number of rotatable bonds is 4. The van der Waals surface area contributed by atoms with E-state index in [4.69, 9.17) is 5.11 Å². The van der Waals surface area contributed by atoms with Crippen molar-refractivity contribution in [2.75, 3.05) is 13.2 Å². The molecule has 0 aromatic carbocycles. The van der Waals surface area contributed by atoms with E-state index in [-0.39, 0.29) is 18.4 Å². The lowest BCUT2D eigenvalue weighted by molar-refractivity contribution is -0.138. The van der Waals surface area contributed by atoms with Crippen LogP contribution in [0.4, 0.5) is 0 Å². The normalized spacial score (nSPS) is 17.6. The molecule has 0 unspecified atom stereocenters. The molecule has 1 heterocycles. The predicted molar refractivity (Wildman–Crippen MR) is 42.3 cm³/mol. The molecule has 1 aliphatic rings. The molecule has 1 fully saturated rings. The minimum atomic E-state index is -0.0714. The number of imide groups is 1. The maximum Gasteiger partial charge on any atom is 0.229 e. The van der Waals surface area contributed by atoms with Crippen molar-refractivity contribution in [3.8, 4) is 0 Å². The monoisotopic (exact) mass is 171 g/mol. The fourth-order valence-electron chi connectivity index (χ4n) is 1.25. The van der Waals surface area contributed by atoms with Crippen LogP contribution in [-0.2, 0) is 9.59 Å². The van der Waals surface area contributed by atoms with Crippen LogP contribution < -0.4 is 0 Å². The standard InChI is InChI=1S/C8H13NO3/c10-6-2-1-5-9-7(11)3-4-8(9)12/h10H,1-6H2. The Kier molecular flexibility index (Phi) is 3.22. The Hall–Kier alpha value is -0.900. The van der Waals surface area contributed by atoms with Gasteiger partial charge in [0.2, 0.25) is 11.8 Å². The summed E-state index contributed by atoms with van der Waals surface area (Å²) >= 11 is 0. The lowest BCUT2D eigenvalue weighted by atomic mass is 10.3. The van der Waals surface area contributed by atoms with Crippen LogP contribution in [0.15, 0.2) is 0 Å². The molecule has 68 valence electrons. The molecule has 2 amide bonds. The van der Waals surface area contributed by atoms with Gasteiger partial charge in [-0.1, -0.05) is 0 Å². The first-order valence-electron chi connectivity index (χ1n) is 4.20. The van der Waals surface area contributed by atoms with Crippen molar-refractivity contribution in [3.05, 3.63) is 0 Å². The van der Waals surface area contributed by atoms with E-state index < -0.39 is 0 Å². The summed E-state index contributed by atoms with van der Waals surface area (Å²) in [7, 11) is 0. The van der Waals surface area contributed by atoms with Gasteiger partial charge in [0, 0.05) is 26.0 Å². The van der Waals surface area contributed by atoms with Gasteiger partial charge in [-0.15, -0.1) is 0 Å². The predicted octanol–water partition coefficient (Wildman–Crippen LogP) is -0.0921. The highest BCUT2D eigenvalue weighted by Crippen LogP contribution is 2.11. The molecule has 1 rings (SSSR count). The molecule has 4 nitrogen and oxygen atoms in total. The fraction of sp³-hybridized carbons (Fsp3) is 0.750. The van der Waals surface area contributed by atoms with Crippen molar-refractivity contribution >= 4 is 11.8 Å². The number of carbonyl (C=O) groups is 2. The van der Waals surface area contributed by atoms with Gasteiger partial charge in [-0.2, -0.15) is 0 Å². The lowest BCUT2D eigenvalue weighted by Gasteiger charge is -2.12. The second-order valence-corrected chi connectivity index (χ2v) is 2.87. The number of hydrogen-bond acceptors (Lipinski definition) is 3. The van der Waals surface area contributed by atoms with Crippen molar-refractivity contribution in [2.24, 2.45) is 0 Å². The minimum Gasteiger partial charge on any atom is -0.396 e. The number of unbranched alkanes of at least 4 members (excludes halogenated alkanes) is 1. The molecule has 0 aliphatic carbocycles. The van der Waals surface area contributed by atoms with Crippen molar-refractivity contribution in [3.63, 3.8) is 0 Å². The summed E-state index contributed by atoms with van der Waals surface area (Å²) in [6.07, 6.45) is 2.07. The fourth-order valence-corrected chi connectivity index (χ4v) is 1.25. The molecule has 0 saturated carbocycles. The van der Waals surface area contributed by atoms with Crippen LogP contribution in [0.25, 0.3) is 0 Å². The summed E-state index contributed by atoms with van der Waals surface area (Å²) in [5.41, 5.74) is 0. The summed E-state index contributed by atoms with van der Waals surface area (Å²) in [6, 6.07) is 0. The first-order valence-corrected chi connectivity index (χ1v) is 4.20. The number of hydrogen-bond donors (Lipinski definition) is 1. The maximum absolute atomic E-state index is 11.0. The number of carbonyl (C=O) groups excluding carboxylic acids is 2. The van der Waals surface area contributed by atoms with Crippen LogP contribution in [0, 0.1) is 0 Å². The second kappa shape index (κ2) is 4.21. The van der Waals surface area contributed by atoms with Crippen LogP contribution >= 0.6 is 0 Å². The average molecular weight is 171 g/mol. The first kappa shape index (κ1) is 9.19. The van der Waals surface area contributed by atoms with E-state index >= 15 is 0 Å². The molecule has 0 aromatic rings. The summed E-state index contributed by atoms with van der Waals surface area (Å²) in [4.78, 5) is 23.3. The molecule has 1 aliphatic heterocycles. The van der Waals surface area contributed by atoms with Gasteiger partial charge in [0.1, 0.15) is 0 Å². The van der Waals surface area contributed by atoms with Gasteiger partial charge < -0.3 is 5.11 Å². The average Bonchev–Trinajstić information content (AvgIpc) is 2.35. The summed E-state index contributed by atoms with van der Waals surface area (Å²) in [6.45, 7) is 0.592. The van der Waals surface area contributed by atoms with Crippen LogP contribution in [0.5, 0.6) is 0 Å². The minimum absolute atomic E-state index is 0.0714. The third-order valence-corrected chi connectivity index (χ3v) is 1.94. The summed E-state index contributed by atoms with van der Waals surface area (Å²) in [5, 5.41) is 8.48. The first-order chi connectivity index (χ1) is 5.75. The smallest absolute Gasteiger partial charge is 0.229 e. The summed E-state index contributed by atoms with van der Waals surface area (Å²) in [5.74, 6) is -0.143. The van der Waals surface area contributed by atoms with Crippen LogP contribution in [0.1, 0.15) is 25.7 Å². The Labute approximate surface area is 71.2 Å². The molecule has 1 saturated heterocycles. The largest absolute Gasteiger partial charge is 0.396 e. The Morgan fingerprint density at radius 3 is 2.25 bits per heavy atom. The zero-order chi connectivity index (χ0) is 8.97. The van der Waals surface area contributed by atoms with Crippen molar-refractivity contribution in [1.29, 1.82) is 0 Å². The molecule has 4 heteroatoms. The molecule has 0 spiro atoms. The third kappa shape index (κ3) is 2.04. The topological polar surface area (TPSA) is 57.6 Å². The van der Waals surface area contributed by atoms with Gasteiger partial charge in [0.05, 0.1) is 0 Å². The van der Waals surface area contributed by atoms with Gasteiger partial charge in [-0.3, -0.25) is 14.5 Å². The van der Waals surface area contributed by atoms with Crippen LogP contribution in [-0.4, -0.2) is 35.0 Å². The third-order valence-electron chi connectivity index (χ3n) is 1.94. The summed E-state index contributed by atoms with van der Waals surface area (Å²) < 4.78 is 0. The van der Waals surface area contributed by atoms with Crippen LogP contribution in [0.2, 0.25) is 0 Å². The Bertz CT molecular complexity index is 175. The van der Waals surface area contributed by atoms with E-state index in [1.165, 1.54) is 4.90 Å². The van der Waals surface area contributed by atoms with Crippen molar-refractivity contribution < 1.29 is 14.7 Å². The molecule has 12 heavy (non-hydrogen) atoms. The van der Waals surface area contributed by atoms with E-state index in [2.05, 4.69) is 0 Å². The zero-order valence-electron chi connectivity index (χ0n) is 6.95. The van der Waals surface area contributed by atoms with Crippen molar-refractivity contribution in [2.45, 2.75) is 25.7 Å². The molecular formula is C8H13NO3. The van der Waals surface area contributed by atoms with Crippen LogP contribution in [0.3, 0.4) is 0 Å². The second-order valence-electron chi connectivity index (χ2n) is 2.87. The van der Waals surface area contributed by atoms with Gasteiger partial charge in [0.15, 0.2) is 0 Å². The molecule has 0 atom stereocenters. The van der Waals surface area contributed by atoms with Gasteiger partial charge >= 0.3 is 0 Å². The van der Waals surface area contributed by atoms with E-state index in [9.17, 15) is 9.59 Å². The molecule has 0 aromatic heterocycles. The molecule has 1 N–H and O–H groups in total. The lowest BCUT2D eigenvalue weighted by Crippen LogP contribution is -2.30. The SMILES string of the molecule is O=C1CCC(=O)N1CCCCO. The van der Waals surface area contributed by atoms with E-state index in [1.807, 2.05) is 0 Å². The van der Waals surface area contributed by atoms with Gasteiger partial charge in [-0.05, 0) is 12.8 Å². The van der Waals surface area contributed by atoms with Gasteiger partial charge in [-0.25, -0.2) is 0 Å². The van der Waals surface area contributed by atoms with Gasteiger partial charge in [0.25, 0.3) is 0 Å². The van der Waals surface area contributed by atoms with E-state index in [0.717, 1.165) is 0 Å². The highest BCUT2D eigenvalue weighted by Gasteiger charge is 2.27. The maximum atomic E-state index is 11.0. The van der Waals surface area contributed by atoms with E-state index in [1.54, 1.807) is 0 Å². The Morgan fingerprint density at radius 1 is 1.17 bits per heavy atom. The molecule has 0 bridgehead atoms. The number of likely N-dealkylation sites (tertiary alicyclic amines) is 1. The Balaban J connectivity index is 2.30. The zero-order valence-corrected chi connectivity index (χ0v) is 6.95. The number of nitrogens with zero attached hydrogens (tertiary/aromatic N) is 1. The van der Waals surface area contributed by atoms with Crippen molar-refractivity contribution in [1.82, 2.24) is 4.90 Å². The number of aliphatic hydroxyl groups excluding tert-OH is 1. The quantitative estimate of drug-likeness (QED) is 0.475. The Morgan fingerprint density at radius 2 is 1.75 bits per heavy atom. The van der Waals surface area contributed by atoms with E-state index in [0.29, 0.717) is 32.2 Å². The molecular weight excluding hydrogens is 158 g/mol. The number of amides is 2. The highest BCUT2D eigenvalue weighted by atomic mass is 16.3.